The van der Waals surface area contributed by atoms with E-state index in [1.54, 1.807) is 13.2 Å². The van der Waals surface area contributed by atoms with Crippen molar-refractivity contribution in [2.45, 2.75) is 31.7 Å². The van der Waals surface area contributed by atoms with Crippen LogP contribution in [0, 0.1) is 6.92 Å². The minimum absolute atomic E-state index is 0.268. The normalized spacial score (nSPS) is 25.2. The predicted octanol–water partition coefficient (Wildman–Crippen LogP) is 0.552. The minimum atomic E-state index is -0.605. The number of anilines is 1. The maximum absolute atomic E-state index is 12.0. The zero-order valence-corrected chi connectivity index (χ0v) is 11.2. The number of azide groups is 1. The van der Waals surface area contributed by atoms with Gasteiger partial charge in [0.1, 0.15) is 12.0 Å². The second kappa shape index (κ2) is 5.91. The Labute approximate surface area is 114 Å². The maximum Gasteiger partial charge on any atom is 0.351 e. The molecule has 2 heterocycles. The first-order valence-corrected chi connectivity index (χ1v) is 6.18. The lowest BCUT2D eigenvalue weighted by molar-refractivity contribution is -0.0270. The maximum atomic E-state index is 12.0. The molecule has 9 heteroatoms. The first kappa shape index (κ1) is 14.3. The van der Waals surface area contributed by atoms with E-state index in [4.69, 9.17) is 10.3 Å². The van der Waals surface area contributed by atoms with Crippen molar-refractivity contribution < 1.29 is 9.84 Å². The van der Waals surface area contributed by atoms with E-state index >= 15 is 0 Å². The summed E-state index contributed by atoms with van der Waals surface area (Å²) in [5, 5.41) is 15.6. The number of rotatable bonds is 4. The van der Waals surface area contributed by atoms with E-state index in [1.165, 1.54) is 4.57 Å². The smallest absolute Gasteiger partial charge is 0.351 e. The summed E-state index contributed by atoms with van der Waals surface area (Å²) in [5.41, 5.74) is 8.84. The zero-order chi connectivity index (χ0) is 14.7. The molecule has 0 aliphatic carbocycles. The quantitative estimate of drug-likeness (QED) is 0.473. The summed E-state index contributed by atoms with van der Waals surface area (Å²) < 4.78 is 6.91. The highest BCUT2D eigenvalue weighted by atomic mass is 16.5. The van der Waals surface area contributed by atoms with Crippen LogP contribution in [0.5, 0.6) is 0 Å². The van der Waals surface area contributed by atoms with Gasteiger partial charge in [0.05, 0.1) is 18.8 Å². The fraction of sp³-hybridized carbons (Fsp3) is 0.636. The number of aliphatic hydroxyl groups excluding tert-OH is 1. The molecule has 3 atom stereocenters. The van der Waals surface area contributed by atoms with Gasteiger partial charge in [-0.2, -0.15) is 4.98 Å². The van der Waals surface area contributed by atoms with Crippen LogP contribution >= 0.6 is 0 Å². The number of ether oxygens (including phenoxy) is 1. The number of hydrogen-bond donors (Lipinski definition) is 2. The zero-order valence-electron chi connectivity index (χ0n) is 11.2. The molecule has 1 saturated heterocycles. The molecule has 1 fully saturated rings. The van der Waals surface area contributed by atoms with Crippen molar-refractivity contribution in [1.29, 1.82) is 0 Å². The molecule has 1 aliphatic heterocycles. The molecular formula is C11H16N6O3. The molecule has 9 nitrogen and oxygen atoms in total. The van der Waals surface area contributed by atoms with Gasteiger partial charge in [0.2, 0.25) is 0 Å². The van der Waals surface area contributed by atoms with Gasteiger partial charge in [0.15, 0.2) is 0 Å². The second-order valence-corrected chi connectivity index (χ2v) is 4.53. The van der Waals surface area contributed by atoms with Gasteiger partial charge in [-0.15, -0.1) is 0 Å². The summed E-state index contributed by atoms with van der Waals surface area (Å²) in [6.07, 6.45) is 0.771. The van der Waals surface area contributed by atoms with Gasteiger partial charge in [-0.05, 0) is 12.5 Å². The summed E-state index contributed by atoms with van der Waals surface area (Å²) in [6.45, 7) is 1.55. The van der Waals surface area contributed by atoms with E-state index in [-0.39, 0.29) is 6.61 Å². The van der Waals surface area contributed by atoms with Crippen LogP contribution in [0.4, 0.5) is 5.82 Å². The van der Waals surface area contributed by atoms with Crippen molar-refractivity contribution >= 4 is 5.82 Å². The molecule has 0 bridgehead atoms. The molecule has 2 rings (SSSR count). The van der Waals surface area contributed by atoms with Gasteiger partial charge < -0.3 is 15.2 Å². The van der Waals surface area contributed by atoms with Crippen molar-refractivity contribution in [3.8, 4) is 0 Å². The number of aliphatic hydroxyl groups is 1. The third-order valence-electron chi connectivity index (χ3n) is 3.27. The summed E-state index contributed by atoms with van der Waals surface area (Å²) in [6, 6.07) is -0.494. The first-order valence-electron chi connectivity index (χ1n) is 6.18. The number of hydrogen-bond acceptors (Lipinski definition) is 6. The van der Waals surface area contributed by atoms with Crippen LogP contribution in [0.3, 0.4) is 0 Å². The van der Waals surface area contributed by atoms with Gasteiger partial charge >= 0.3 is 5.69 Å². The van der Waals surface area contributed by atoms with Gasteiger partial charge in [-0.25, -0.2) is 4.79 Å². The fourth-order valence-electron chi connectivity index (χ4n) is 2.26. The number of aromatic nitrogens is 2. The average Bonchev–Trinajstić information content (AvgIpc) is 2.84. The molecule has 0 saturated carbocycles. The summed E-state index contributed by atoms with van der Waals surface area (Å²) >= 11 is 0. The van der Waals surface area contributed by atoms with Gasteiger partial charge in [-0.3, -0.25) is 4.57 Å². The molecule has 0 spiro atoms. The van der Waals surface area contributed by atoms with E-state index in [0.717, 1.165) is 5.56 Å². The lowest BCUT2D eigenvalue weighted by atomic mass is 10.1. The Hall–Kier alpha value is -2.09. The number of aryl methyl sites for hydroxylation is 1. The topological polar surface area (TPSA) is 125 Å². The number of nitrogens with zero attached hydrogens (tertiary/aromatic N) is 5. The first-order chi connectivity index (χ1) is 9.60. The highest BCUT2D eigenvalue weighted by Crippen LogP contribution is 2.30. The summed E-state index contributed by atoms with van der Waals surface area (Å²) in [5.74, 6) is 0.509. The third-order valence-corrected chi connectivity index (χ3v) is 3.27. The minimum Gasteiger partial charge on any atom is -0.394 e. The lowest BCUT2D eigenvalue weighted by Gasteiger charge is -2.16. The molecule has 0 amide bonds. The molecular weight excluding hydrogens is 264 g/mol. The lowest BCUT2D eigenvalue weighted by Crippen LogP contribution is -2.28. The molecule has 2 N–H and O–H groups in total. The highest BCUT2D eigenvalue weighted by molar-refractivity contribution is 5.40. The van der Waals surface area contributed by atoms with E-state index in [2.05, 4.69) is 20.3 Å². The standard InChI is InChI=1S/C11H16N6O3/c1-6-4-17(11(19)14-10(6)13-2)9-3-7(15-16-12)8(5-18)20-9/h4,7-9,18H,3,5H2,1-2H3,(H,13,14,19)/t7-,8+,9+/m0/s1. The van der Waals surface area contributed by atoms with Crippen molar-refractivity contribution in [2.24, 2.45) is 5.11 Å². The molecule has 0 aromatic carbocycles. The molecule has 1 aromatic rings. The molecule has 1 aromatic heterocycles. The Balaban J connectivity index is 2.31. The highest BCUT2D eigenvalue weighted by Gasteiger charge is 2.35. The van der Waals surface area contributed by atoms with Gasteiger partial charge in [0.25, 0.3) is 0 Å². The largest absolute Gasteiger partial charge is 0.394 e. The van der Waals surface area contributed by atoms with E-state index in [9.17, 15) is 9.90 Å². The van der Waals surface area contributed by atoms with Crippen molar-refractivity contribution in [3.05, 3.63) is 32.7 Å². The molecule has 20 heavy (non-hydrogen) atoms. The van der Waals surface area contributed by atoms with Crippen LogP contribution in [0.15, 0.2) is 16.1 Å². The average molecular weight is 280 g/mol. The van der Waals surface area contributed by atoms with Crippen LogP contribution < -0.4 is 11.0 Å². The van der Waals surface area contributed by atoms with E-state index < -0.39 is 24.1 Å². The Morgan fingerprint density at radius 2 is 2.50 bits per heavy atom. The van der Waals surface area contributed by atoms with Crippen LogP contribution in [-0.4, -0.2) is 40.5 Å². The Morgan fingerprint density at radius 3 is 3.10 bits per heavy atom. The predicted molar refractivity (Wildman–Crippen MR) is 71.3 cm³/mol. The summed E-state index contributed by atoms with van der Waals surface area (Å²) in [4.78, 5) is 18.6. The Morgan fingerprint density at radius 1 is 1.75 bits per heavy atom. The van der Waals surface area contributed by atoms with Crippen LogP contribution in [-0.2, 0) is 4.74 Å². The second-order valence-electron chi connectivity index (χ2n) is 4.53. The molecule has 0 unspecified atom stereocenters. The van der Waals surface area contributed by atoms with Crippen molar-refractivity contribution in [3.63, 3.8) is 0 Å². The van der Waals surface area contributed by atoms with E-state index in [1.807, 2.05) is 6.92 Å². The van der Waals surface area contributed by atoms with Crippen LogP contribution in [0.25, 0.3) is 10.4 Å². The van der Waals surface area contributed by atoms with Gasteiger partial charge in [0, 0.05) is 30.1 Å². The fourth-order valence-corrected chi connectivity index (χ4v) is 2.26. The van der Waals surface area contributed by atoms with Crippen LogP contribution in [0.2, 0.25) is 0 Å². The molecule has 1 aliphatic rings. The monoisotopic (exact) mass is 280 g/mol. The van der Waals surface area contributed by atoms with E-state index in [0.29, 0.717) is 12.2 Å². The van der Waals surface area contributed by atoms with Crippen molar-refractivity contribution in [1.82, 2.24) is 9.55 Å². The number of nitrogens with one attached hydrogen (secondary N) is 1. The summed E-state index contributed by atoms with van der Waals surface area (Å²) in [7, 11) is 1.69. The van der Waals surface area contributed by atoms with Crippen LogP contribution in [0.1, 0.15) is 18.2 Å². The molecule has 0 radical (unpaired) electrons. The molecule has 108 valence electrons. The van der Waals surface area contributed by atoms with Gasteiger partial charge in [-0.1, -0.05) is 5.11 Å². The Bertz CT molecular complexity index is 594. The van der Waals surface area contributed by atoms with Crippen molar-refractivity contribution in [2.75, 3.05) is 19.0 Å². The third kappa shape index (κ3) is 2.60. The Kier molecular flexibility index (Phi) is 4.23. The SMILES string of the molecule is CNc1nc(=O)n([C@H]2C[C@H](N=[N+]=[N-])[C@@H](CO)O2)cc1C.